The maximum atomic E-state index is 13.0. The number of rotatable bonds is 66. The maximum Gasteiger partial charge on any atom is 0.472 e. The van der Waals surface area contributed by atoms with Gasteiger partial charge in [-0.25, -0.2) is 9.13 Å². The van der Waals surface area contributed by atoms with Crippen molar-refractivity contribution in [3.05, 3.63) is 0 Å². The Kier molecular flexibility index (Phi) is 57.8. The first kappa shape index (κ1) is 85.1. The molecule has 516 valence electrons. The minimum absolute atomic E-state index is 0.104. The van der Waals surface area contributed by atoms with Gasteiger partial charge in [0.15, 0.2) is 12.2 Å². The molecule has 0 fully saturated rings. The lowest BCUT2D eigenvalue weighted by molar-refractivity contribution is -0.161. The number of phosphoric acid groups is 2. The predicted octanol–water partition coefficient (Wildman–Crippen LogP) is 19.1. The quantitative estimate of drug-likeness (QED) is 0.0222. The standard InChI is InChI=1S/C68H132O17P2/c1-8-11-12-32-42-49-65(70)78-55-63(84-68(73)52-45-38-31-25-24-28-35-41-48-61(7)10-3)57-82-86(74,75)80-53-62(69)54-81-87(76,77)83-58-64(56-79-66(71)50-43-36-29-22-19-18-21-27-34-40-47-60(6)9-2)85-67(72)51-44-37-30-23-17-15-13-14-16-20-26-33-39-46-59(4)5/h59-64,69H,8-58H2,1-7H3,(H,74,75)(H,76,77)/t60?,61?,62-,63+,64+/m0/s1. The molecule has 0 heterocycles. The van der Waals surface area contributed by atoms with Gasteiger partial charge in [-0.05, 0) is 43.4 Å². The lowest BCUT2D eigenvalue weighted by Crippen LogP contribution is -2.30. The van der Waals surface area contributed by atoms with E-state index < -0.39 is 97.5 Å². The number of hydrogen-bond acceptors (Lipinski definition) is 15. The Morgan fingerprint density at radius 3 is 0.874 bits per heavy atom. The number of aliphatic hydroxyl groups is 1. The van der Waals surface area contributed by atoms with Crippen molar-refractivity contribution in [1.82, 2.24) is 0 Å². The van der Waals surface area contributed by atoms with Gasteiger partial charge in [0.2, 0.25) is 0 Å². The summed E-state index contributed by atoms with van der Waals surface area (Å²) in [5.41, 5.74) is 0. The van der Waals surface area contributed by atoms with Crippen LogP contribution in [-0.4, -0.2) is 96.7 Å². The van der Waals surface area contributed by atoms with E-state index in [-0.39, 0.29) is 25.7 Å². The summed E-state index contributed by atoms with van der Waals surface area (Å²) in [6.07, 6.45) is 41.9. The zero-order chi connectivity index (χ0) is 64.5. The van der Waals surface area contributed by atoms with Gasteiger partial charge in [-0.2, -0.15) is 0 Å². The number of aliphatic hydroxyl groups excluding tert-OH is 1. The van der Waals surface area contributed by atoms with Gasteiger partial charge in [0.05, 0.1) is 26.4 Å². The minimum Gasteiger partial charge on any atom is -0.462 e. The zero-order valence-corrected chi connectivity index (χ0v) is 58.3. The summed E-state index contributed by atoms with van der Waals surface area (Å²) >= 11 is 0. The highest BCUT2D eigenvalue weighted by atomic mass is 31.2. The summed E-state index contributed by atoms with van der Waals surface area (Å²) in [6.45, 7) is 11.8. The zero-order valence-electron chi connectivity index (χ0n) is 56.5. The first-order valence-corrected chi connectivity index (χ1v) is 38.4. The van der Waals surface area contributed by atoms with E-state index >= 15 is 0 Å². The molecule has 0 saturated heterocycles. The summed E-state index contributed by atoms with van der Waals surface area (Å²) < 4.78 is 68.0. The van der Waals surface area contributed by atoms with Crippen molar-refractivity contribution in [3.63, 3.8) is 0 Å². The average molecular weight is 1280 g/mol. The van der Waals surface area contributed by atoms with Crippen LogP contribution in [0.2, 0.25) is 0 Å². The van der Waals surface area contributed by atoms with Crippen molar-refractivity contribution in [1.29, 1.82) is 0 Å². The molecule has 87 heavy (non-hydrogen) atoms. The molecular formula is C68H132O17P2. The van der Waals surface area contributed by atoms with Crippen molar-refractivity contribution in [2.45, 2.75) is 356 Å². The third-order valence-electron chi connectivity index (χ3n) is 16.4. The Bertz CT molecular complexity index is 1720. The third-order valence-corrected chi connectivity index (χ3v) is 18.3. The van der Waals surface area contributed by atoms with E-state index in [0.717, 1.165) is 114 Å². The molecule has 3 N–H and O–H groups in total. The highest BCUT2D eigenvalue weighted by Gasteiger charge is 2.30. The molecular weight excluding hydrogens is 1150 g/mol. The van der Waals surface area contributed by atoms with Crippen LogP contribution >= 0.6 is 15.6 Å². The molecule has 0 radical (unpaired) electrons. The second-order valence-corrected chi connectivity index (χ2v) is 28.4. The first-order chi connectivity index (χ1) is 41.8. The Hall–Kier alpha value is -1.94. The predicted molar refractivity (Wildman–Crippen MR) is 349 cm³/mol. The fraction of sp³-hybridized carbons (Fsp3) is 0.941. The Morgan fingerprint density at radius 2 is 0.586 bits per heavy atom. The summed E-state index contributed by atoms with van der Waals surface area (Å²) in [5.74, 6) is 0.225. The van der Waals surface area contributed by atoms with E-state index in [1.165, 1.54) is 141 Å². The third kappa shape index (κ3) is 60.1. The number of phosphoric ester groups is 2. The van der Waals surface area contributed by atoms with Gasteiger partial charge in [-0.3, -0.25) is 37.3 Å². The Labute approximate surface area is 530 Å². The van der Waals surface area contributed by atoms with E-state index in [1.54, 1.807) is 0 Å². The first-order valence-electron chi connectivity index (χ1n) is 35.4. The van der Waals surface area contributed by atoms with Crippen LogP contribution in [0.15, 0.2) is 0 Å². The molecule has 0 aliphatic carbocycles. The smallest absolute Gasteiger partial charge is 0.462 e. The molecule has 0 spiro atoms. The van der Waals surface area contributed by atoms with E-state index in [9.17, 15) is 43.2 Å². The largest absolute Gasteiger partial charge is 0.472 e. The molecule has 0 aromatic rings. The van der Waals surface area contributed by atoms with Crippen LogP contribution in [-0.2, 0) is 65.4 Å². The Morgan fingerprint density at radius 1 is 0.333 bits per heavy atom. The molecule has 0 bridgehead atoms. The summed E-state index contributed by atoms with van der Waals surface area (Å²) in [4.78, 5) is 72.2. The van der Waals surface area contributed by atoms with Gasteiger partial charge in [0, 0.05) is 25.7 Å². The summed E-state index contributed by atoms with van der Waals surface area (Å²) in [7, 11) is -9.89. The van der Waals surface area contributed by atoms with Gasteiger partial charge in [-0.1, -0.05) is 286 Å². The normalized spacial score (nSPS) is 14.9. The van der Waals surface area contributed by atoms with Crippen LogP contribution < -0.4 is 0 Å². The summed E-state index contributed by atoms with van der Waals surface area (Å²) in [6, 6.07) is 0. The van der Waals surface area contributed by atoms with Crippen LogP contribution in [0.25, 0.3) is 0 Å². The molecule has 0 saturated carbocycles. The SMILES string of the molecule is CCCCCCCC(=O)OC[C@H](COP(=O)(O)OC[C@H](O)COP(=O)(O)OC[C@@H](COC(=O)CCCCCCCCCCCCC(C)CC)OC(=O)CCCCCCCCCCCCCCCC(C)C)OC(=O)CCCCCCCCCCC(C)CC. The molecule has 0 aliphatic rings. The van der Waals surface area contributed by atoms with Gasteiger partial charge in [-0.15, -0.1) is 0 Å². The van der Waals surface area contributed by atoms with Crippen molar-refractivity contribution >= 4 is 39.5 Å². The van der Waals surface area contributed by atoms with Crippen molar-refractivity contribution in [3.8, 4) is 0 Å². The molecule has 0 aliphatic heterocycles. The van der Waals surface area contributed by atoms with E-state index in [0.29, 0.717) is 25.7 Å². The van der Waals surface area contributed by atoms with Crippen molar-refractivity contribution < 1.29 is 80.2 Å². The molecule has 7 atom stereocenters. The highest BCUT2D eigenvalue weighted by Crippen LogP contribution is 2.45. The lowest BCUT2D eigenvalue weighted by atomic mass is 9.99. The summed E-state index contributed by atoms with van der Waals surface area (Å²) in [5, 5.41) is 10.5. The van der Waals surface area contributed by atoms with Gasteiger partial charge < -0.3 is 33.8 Å². The van der Waals surface area contributed by atoms with E-state index in [4.69, 9.17) is 37.0 Å². The number of ether oxygens (including phenoxy) is 4. The van der Waals surface area contributed by atoms with E-state index in [1.807, 2.05) is 0 Å². The molecule has 0 amide bonds. The second kappa shape index (κ2) is 59.1. The molecule has 0 aromatic heterocycles. The lowest BCUT2D eigenvalue weighted by Gasteiger charge is -2.21. The van der Waals surface area contributed by atoms with Crippen LogP contribution in [0.1, 0.15) is 337 Å². The Balaban J connectivity index is 5.19. The molecule has 4 unspecified atom stereocenters. The van der Waals surface area contributed by atoms with Crippen LogP contribution in [0.3, 0.4) is 0 Å². The van der Waals surface area contributed by atoms with Gasteiger partial charge in [0.1, 0.15) is 19.3 Å². The molecule has 17 nitrogen and oxygen atoms in total. The number of hydrogen-bond donors (Lipinski definition) is 3. The molecule has 19 heteroatoms. The van der Waals surface area contributed by atoms with Gasteiger partial charge in [0.25, 0.3) is 0 Å². The molecule has 0 aromatic carbocycles. The maximum absolute atomic E-state index is 13.0. The minimum atomic E-state index is -4.95. The monoisotopic (exact) mass is 1280 g/mol. The van der Waals surface area contributed by atoms with Crippen LogP contribution in [0, 0.1) is 17.8 Å². The van der Waals surface area contributed by atoms with Gasteiger partial charge >= 0.3 is 39.5 Å². The highest BCUT2D eigenvalue weighted by molar-refractivity contribution is 7.47. The fourth-order valence-electron chi connectivity index (χ4n) is 10.1. The average Bonchev–Trinajstić information content (AvgIpc) is 3.70. The number of esters is 4. The second-order valence-electron chi connectivity index (χ2n) is 25.5. The van der Waals surface area contributed by atoms with Crippen molar-refractivity contribution in [2.75, 3.05) is 39.6 Å². The van der Waals surface area contributed by atoms with Crippen molar-refractivity contribution in [2.24, 2.45) is 17.8 Å². The number of carbonyl (C=O) groups excluding carboxylic acids is 4. The van der Waals surface area contributed by atoms with E-state index in [2.05, 4.69) is 48.5 Å². The van der Waals surface area contributed by atoms with Crippen LogP contribution in [0.4, 0.5) is 0 Å². The topological polar surface area (TPSA) is 237 Å². The fourth-order valence-corrected chi connectivity index (χ4v) is 11.7. The number of carbonyl (C=O) groups is 4. The number of unbranched alkanes of at least 4 members (excludes halogenated alkanes) is 32. The van der Waals surface area contributed by atoms with Crippen LogP contribution in [0.5, 0.6) is 0 Å². The molecule has 0 rings (SSSR count).